The zero-order chi connectivity index (χ0) is 11.8. The molecule has 0 radical (unpaired) electrons. The molecule has 0 spiro atoms. The van der Waals surface area contributed by atoms with E-state index in [4.69, 9.17) is 5.73 Å². The Bertz CT molecular complexity index is 381. The van der Waals surface area contributed by atoms with Crippen LogP contribution in [0.2, 0.25) is 0 Å². The monoisotopic (exact) mass is 247 g/mol. The van der Waals surface area contributed by atoms with Gasteiger partial charge in [0.05, 0.1) is 11.5 Å². The number of rotatable bonds is 2. The number of sulfone groups is 1. The summed E-state index contributed by atoms with van der Waals surface area (Å²) >= 11 is 0. The van der Waals surface area contributed by atoms with Crippen LogP contribution in [0.4, 0.5) is 0 Å². The van der Waals surface area contributed by atoms with E-state index in [0.717, 1.165) is 6.54 Å². The van der Waals surface area contributed by atoms with E-state index in [9.17, 15) is 13.2 Å². The number of primary amides is 1. The van der Waals surface area contributed by atoms with E-state index in [2.05, 4.69) is 5.32 Å². The minimum Gasteiger partial charge on any atom is -0.368 e. The van der Waals surface area contributed by atoms with E-state index in [0.29, 0.717) is 19.5 Å². The lowest BCUT2D eigenvalue weighted by molar-refractivity contribution is -0.124. The average Bonchev–Trinajstić information content (AvgIpc) is 2.59. The van der Waals surface area contributed by atoms with Gasteiger partial charge in [-0.2, -0.15) is 0 Å². The maximum Gasteiger partial charge on any atom is 0.236 e. The summed E-state index contributed by atoms with van der Waals surface area (Å²) in [5, 5.41) is 3.10. The first-order valence-corrected chi connectivity index (χ1v) is 7.28. The second-order valence-electron chi connectivity index (χ2n) is 4.42. The van der Waals surface area contributed by atoms with Gasteiger partial charge in [-0.05, 0) is 6.42 Å². The molecule has 3 N–H and O–H groups in total. The molecule has 2 unspecified atom stereocenters. The standard InChI is InChI=1S/C9H17N3O3S/c10-9(13)8-5-11-2-3-12(8)7-1-4-16(14,15)6-7/h7-8,11H,1-6H2,(H2,10,13). The lowest BCUT2D eigenvalue weighted by atomic mass is 10.1. The highest BCUT2D eigenvalue weighted by Crippen LogP contribution is 2.20. The van der Waals surface area contributed by atoms with Crippen molar-refractivity contribution in [2.24, 2.45) is 5.73 Å². The van der Waals surface area contributed by atoms with Gasteiger partial charge < -0.3 is 11.1 Å². The Kier molecular flexibility index (Phi) is 3.18. The zero-order valence-electron chi connectivity index (χ0n) is 9.05. The van der Waals surface area contributed by atoms with Crippen LogP contribution < -0.4 is 11.1 Å². The molecule has 2 fully saturated rings. The lowest BCUT2D eigenvalue weighted by Gasteiger charge is -2.37. The predicted octanol–water partition coefficient (Wildman–Crippen LogP) is -2.07. The minimum atomic E-state index is -2.91. The van der Waals surface area contributed by atoms with Crippen LogP contribution >= 0.6 is 0 Å². The summed E-state index contributed by atoms with van der Waals surface area (Å²) < 4.78 is 22.8. The SMILES string of the molecule is NC(=O)C1CNCCN1C1CCS(=O)(=O)C1. The Morgan fingerprint density at radius 1 is 1.44 bits per heavy atom. The molecule has 2 aliphatic rings. The van der Waals surface area contributed by atoms with E-state index in [1.807, 2.05) is 4.90 Å². The Hall–Kier alpha value is -0.660. The highest BCUT2D eigenvalue weighted by molar-refractivity contribution is 7.91. The van der Waals surface area contributed by atoms with Crippen LogP contribution in [0.25, 0.3) is 0 Å². The molecule has 0 aliphatic carbocycles. The molecule has 2 rings (SSSR count). The fraction of sp³-hybridized carbons (Fsp3) is 0.889. The van der Waals surface area contributed by atoms with Crippen molar-refractivity contribution < 1.29 is 13.2 Å². The summed E-state index contributed by atoms with van der Waals surface area (Å²) in [6.07, 6.45) is 0.617. The highest BCUT2D eigenvalue weighted by Gasteiger charge is 2.38. The summed E-state index contributed by atoms with van der Waals surface area (Å²) in [7, 11) is -2.91. The van der Waals surface area contributed by atoms with Gasteiger partial charge in [0.25, 0.3) is 0 Å². The molecule has 0 saturated carbocycles. The maximum absolute atomic E-state index is 11.4. The molecule has 7 heteroatoms. The topological polar surface area (TPSA) is 92.5 Å². The number of carbonyl (C=O) groups excluding carboxylic acids is 1. The van der Waals surface area contributed by atoms with Crippen molar-refractivity contribution >= 4 is 15.7 Å². The van der Waals surface area contributed by atoms with E-state index < -0.39 is 9.84 Å². The van der Waals surface area contributed by atoms with Crippen molar-refractivity contribution in [3.63, 3.8) is 0 Å². The maximum atomic E-state index is 11.4. The molecule has 2 saturated heterocycles. The van der Waals surface area contributed by atoms with Crippen LogP contribution in [0, 0.1) is 0 Å². The van der Waals surface area contributed by atoms with Crippen molar-refractivity contribution in [2.45, 2.75) is 18.5 Å². The first-order chi connectivity index (χ1) is 7.49. The van der Waals surface area contributed by atoms with Crippen LogP contribution in [-0.2, 0) is 14.6 Å². The fourth-order valence-electron chi connectivity index (χ4n) is 2.46. The molecule has 1 amide bonds. The van der Waals surface area contributed by atoms with Gasteiger partial charge in [0.15, 0.2) is 9.84 Å². The normalized spacial score (nSPS) is 35.0. The lowest BCUT2D eigenvalue weighted by Crippen LogP contribution is -2.60. The summed E-state index contributed by atoms with van der Waals surface area (Å²) in [4.78, 5) is 13.2. The van der Waals surface area contributed by atoms with E-state index in [1.54, 1.807) is 0 Å². The number of amides is 1. The molecule has 16 heavy (non-hydrogen) atoms. The number of hydrogen-bond donors (Lipinski definition) is 2. The molecule has 2 aliphatic heterocycles. The van der Waals surface area contributed by atoms with E-state index in [1.165, 1.54) is 0 Å². The molecule has 0 aromatic rings. The van der Waals surface area contributed by atoms with Gasteiger partial charge in [0.1, 0.15) is 6.04 Å². The van der Waals surface area contributed by atoms with Gasteiger partial charge in [-0.15, -0.1) is 0 Å². The summed E-state index contributed by atoms with van der Waals surface area (Å²) in [6.45, 7) is 1.99. The number of hydrogen-bond acceptors (Lipinski definition) is 5. The van der Waals surface area contributed by atoms with Crippen molar-refractivity contribution in [3.8, 4) is 0 Å². The van der Waals surface area contributed by atoms with Gasteiger partial charge in [0, 0.05) is 25.7 Å². The molecule has 2 atom stereocenters. The van der Waals surface area contributed by atoms with Crippen molar-refractivity contribution in [3.05, 3.63) is 0 Å². The third-order valence-corrected chi connectivity index (χ3v) is 5.04. The quantitative estimate of drug-likeness (QED) is 0.585. The molecule has 6 nitrogen and oxygen atoms in total. The van der Waals surface area contributed by atoms with E-state index in [-0.39, 0.29) is 29.5 Å². The molecule has 0 aromatic heterocycles. The largest absolute Gasteiger partial charge is 0.368 e. The molecule has 2 heterocycles. The van der Waals surface area contributed by atoms with Crippen LogP contribution in [0.3, 0.4) is 0 Å². The van der Waals surface area contributed by atoms with Crippen molar-refractivity contribution in [1.29, 1.82) is 0 Å². The van der Waals surface area contributed by atoms with Gasteiger partial charge >= 0.3 is 0 Å². The minimum absolute atomic E-state index is 0.0374. The number of carbonyl (C=O) groups is 1. The summed E-state index contributed by atoms with van der Waals surface area (Å²) in [6, 6.07) is -0.406. The number of nitrogens with two attached hydrogens (primary N) is 1. The predicted molar refractivity (Wildman–Crippen MR) is 59.6 cm³/mol. The number of nitrogens with zero attached hydrogens (tertiary/aromatic N) is 1. The van der Waals surface area contributed by atoms with Crippen LogP contribution in [0.1, 0.15) is 6.42 Å². The first-order valence-electron chi connectivity index (χ1n) is 5.46. The molecule has 92 valence electrons. The van der Waals surface area contributed by atoms with Crippen LogP contribution in [0.15, 0.2) is 0 Å². The number of piperazine rings is 1. The zero-order valence-corrected chi connectivity index (χ0v) is 9.87. The summed E-state index contributed by atoms with van der Waals surface area (Å²) in [5.74, 6) is 0.0145. The molecule has 0 bridgehead atoms. The van der Waals surface area contributed by atoms with Crippen molar-refractivity contribution in [2.75, 3.05) is 31.1 Å². The highest BCUT2D eigenvalue weighted by atomic mass is 32.2. The molecular formula is C9H17N3O3S. The Labute approximate surface area is 95.1 Å². The van der Waals surface area contributed by atoms with Gasteiger partial charge in [-0.1, -0.05) is 0 Å². The second kappa shape index (κ2) is 4.31. The van der Waals surface area contributed by atoms with E-state index >= 15 is 0 Å². The van der Waals surface area contributed by atoms with Gasteiger partial charge in [-0.3, -0.25) is 9.69 Å². The smallest absolute Gasteiger partial charge is 0.236 e. The molecule has 0 aromatic carbocycles. The average molecular weight is 247 g/mol. The molecular weight excluding hydrogens is 230 g/mol. The summed E-state index contributed by atoms with van der Waals surface area (Å²) in [5.41, 5.74) is 5.32. The number of nitrogens with one attached hydrogen (secondary N) is 1. The van der Waals surface area contributed by atoms with Crippen LogP contribution in [-0.4, -0.2) is 62.4 Å². The van der Waals surface area contributed by atoms with Gasteiger partial charge in [0.2, 0.25) is 5.91 Å². The Morgan fingerprint density at radius 3 is 2.75 bits per heavy atom. The fourth-order valence-corrected chi connectivity index (χ4v) is 4.20. The Balaban J connectivity index is 2.09. The Morgan fingerprint density at radius 2 is 2.19 bits per heavy atom. The second-order valence-corrected chi connectivity index (χ2v) is 6.65. The third-order valence-electron chi connectivity index (χ3n) is 3.29. The first kappa shape index (κ1) is 11.8. The van der Waals surface area contributed by atoms with Crippen molar-refractivity contribution in [1.82, 2.24) is 10.2 Å². The van der Waals surface area contributed by atoms with Crippen LogP contribution in [0.5, 0.6) is 0 Å². The van der Waals surface area contributed by atoms with Gasteiger partial charge in [-0.25, -0.2) is 8.42 Å². The third kappa shape index (κ3) is 2.36.